The Morgan fingerprint density at radius 3 is 1.86 bits per heavy atom. The van der Waals surface area contributed by atoms with Crippen molar-refractivity contribution in [3.05, 3.63) is 61.1 Å². The molecule has 0 bridgehead atoms. The summed E-state index contributed by atoms with van der Waals surface area (Å²) in [5.41, 5.74) is 0. The van der Waals surface area contributed by atoms with Crippen LogP contribution in [0.15, 0.2) is 61.1 Å². The lowest BCUT2D eigenvalue weighted by Crippen LogP contribution is -1.72. The number of hydrogen-bond acceptors (Lipinski definition) is 1. The summed E-state index contributed by atoms with van der Waals surface area (Å²) in [6.45, 7) is 4.44. The Hall–Kier alpha value is -1.50. The topological polar surface area (TPSA) is 9.23 Å². The Morgan fingerprint density at radius 2 is 1.14 bits per heavy atom. The van der Waals surface area contributed by atoms with Gasteiger partial charge in [-0.1, -0.05) is 82.4 Å². The monoisotopic (exact) mass is 288 g/mol. The lowest BCUT2D eigenvalue weighted by atomic mass is 10.1. The van der Waals surface area contributed by atoms with E-state index in [1.54, 1.807) is 12.5 Å². The first kappa shape index (κ1) is 19.5. The fourth-order valence-corrected chi connectivity index (χ4v) is 1.72. The van der Waals surface area contributed by atoms with Crippen LogP contribution in [0.1, 0.15) is 65.2 Å². The van der Waals surface area contributed by atoms with Gasteiger partial charge in [-0.3, -0.25) is 0 Å². The van der Waals surface area contributed by atoms with Gasteiger partial charge in [0.15, 0.2) is 0 Å². The van der Waals surface area contributed by atoms with Crippen molar-refractivity contribution in [1.29, 1.82) is 0 Å². The van der Waals surface area contributed by atoms with Crippen LogP contribution < -0.4 is 0 Å². The Labute approximate surface area is 131 Å². The fourth-order valence-electron chi connectivity index (χ4n) is 1.72. The molecule has 0 rings (SSSR count). The van der Waals surface area contributed by atoms with Crippen LogP contribution >= 0.6 is 0 Å². The zero-order valence-electron chi connectivity index (χ0n) is 13.8. The first-order valence-electron chi connectivity index (χ1n) is 8.37. The molecule has 0 spiro atoms. The number of allylic oxidation sites excluding steroid dienone is 8. The van der Waals surface area contributed by atoms with Crippen LogP contribution in [0.25, 0.3) is 0 Å². The molecule has 0 unspecified atom stereocenters. The van der Waals surface area contributed by atoms with Crippen molar-refractivity contribution < 1.29 is 4.74 Å². The summed E-state index contributed by atoms with van der Waals surface area (Å²) in [7, 11) is 0. The smallest absolute Gasteiger partial charge is 0.0901 e. The van der Waals surface area contributed by atoms with Gasteiger partial charge in [-0.2, -0.15) is 0 Å². The third kappa shape index (κ3) is 18.5. The maximum absolute atomic E-state index is 5.22. The van der Waals surface area contributed by atoms with Gasteiger partial charge >= 0.3 is 0 Å². The molecule has 0 saturated carbocycles. The molecule has 0 aromatic rings. The van der Waals surface area contributed by atoms with Gasteiger partial charge in [0.05, 0.1) is 12.5 Å². The zero-order valence-corrected chi connectivity index (χ0v) is 13.8. The van der Waals surface area contributed by atoms with E-state index < -0.39 is 0 Å². The van der Waals surface area contributed by atoms with Crippen LogP contribution in [0.4, 0.5) is 0 Å². The van der Waals surface area contributed by atoms with E-state index in [9.17, 15) is 0 Å². The Kier molecular flexibility index (Phi) is 17.2. The van der Waals surface area contributed by atoms with Crippen LogP contribution in [0.2, 0.25) is 0 Å². The minimum absolute atomic E-state index is 1.14. The van der Waals surface area contributed by atoms with E-state index in [0.717, 1.165) is 6.42 Å². The molecule has 0 fully saturated rings. The lowest BCUT2D eigenvalue weighted by Gasteiger charge is -1.92. The quantitative estimate of drug-likeness (QED) is 0.204. The Balaban J connectivity index is 3.49. The van der Waals surface area contributed by atoms with Crippen LogP contribution in [-0.2, 0) is 4.74 Å². The molecule has 1 heteroatoms. The molecule has 0 aliphatic rings. The molecule has 0 atom stereocenters. The van der Waals surface area contributed by atoms with E-state index in [0.29, 0.717) is 0 Å². The number of rotatable bonds is 13. The number of ether oxygens (including phenoxy) is 1. The summed E-state index contributed by atoms with van der Waals surface area (Å²) in [4.78, 5) is 0. The Bertz CT molecular complexity index is 332. The highest BCUT2D eigenvalue weighted by atomic mass is 16.5. The van der Waals surface area contributed by atoms with Gasteiger partial charge < -0.3 is 4.74 Å². The van der Waals surface area contributed by atoms with Gasteiger partial charge in [0, 0.05) is 0 Å². The second kappa shape index (κ2) is 18.5. The molecule has 0 aromatic carbocycles. The summed E-state index contributed by atoms with van der Waals surface area (Å²) in [6.07, 6.45) is 29.8. The Morgan fingerprint density at radius 1 is 0.571 bits per heavy atom. The summed E-state index contributed by atoms with van der Waals surface area (Å²) in [6, 6.07) is 0. The molecular formula is C20H32O. The molecular weight excluding hydrogens is 256 g/mol. The minimum atomic E-state index is 1.14. The maximum atomic E-state index is 5.22. The van der Waals surface area contributed by atoms with E-state index in [2.05, 4.69) is 32.1 Å². The zero-order chi connectivity index (χ0) is 15.4. The van der Waals surface area contributed by atoms with Crippen molar-refractivity contribution in [3.63, 3.8) is 0 Å². The summed E-state index contributed by atoms with van der Waals surface area (Å²) in [5.74, 6) is 0. The lowest BCUT2D eigenvalue weighted by molar-refractivity contribution is 0.403. The van der Waals surface area contributed by atoms with Gasteiger partial charge in [0.2, 0.25) is 0 Å². The van der Waals surface area contributed by atoms with Crippen LogP contribution in [-0.4, -0.2) is 0 Å². The maximum Gasteiger partial charge on any atom is 0.0901 e. The van der Waals surface area contributed by atoms with Gasteiger partial charge in [0.25, 0.3) is 0 Å². The number of hydrogen-bond donors (Lipinski definition) is 0. The normalized spacial score (nSPS) is 12.9. The van der Waals surface area contributed by atoms with E-state index in [-0.39, 0.29) is 0 Å². The van der Waals surface area contributed by atoms with E-state index in [4.69, 9.17) is 4.74 Å². The molecule has 0 aromatic heterocycles. The van der Waals surface area contributed by atoms with Crippen molar-refractivity contribution >= 4 is 0 Å². The van der Waals surface area contributed by atoms with Crippen molar-refractivity contribution in [1.82, 2.24) is 0 Å². The van der Waals surface area contributed by atoms with Crippen LogP contribution in [0.5, 0.6) is 0 Å². The third-order valence-corrected chi connectivity index (χ3v) is 2.98. The standard InChI is InChI=1S/C20H32O/c1-3-5-7-9-11-12-13-14-16-18-20-21-19-17-15-10-8-6-4-2/h10,12-20H,3-9,11H2,1-2H3. The molecule has 1 nitrogen and oxygen atoms in total. The predicted octanol–water partition coefficient (Wildman–Crippen LogP) is 6.86. The van der Waals surface area contributed by atoms with Crippen molar-refractivity contribution in [2.75, 3.05) is 0 Å². The van der Waals surface area contributed by atoms with Crippen molar-refractivity contribution in [2.24, 2.45) is 0 Å². The van der Waals surface area contributed by atoms with Gasteiger partial charge in [-0.05, 0) is 31.4 Å². The third-order valence-electron chi connectivity index (χ3n) is 2.98. The second-order valence-electron chi connectivity index (χ2n) is 5.03. The molecule has 0 heterocycles. The van der Waals surface area contributed by atoms with Gasteiger partial charge in [-0.25, -0.2) is 0 Å². The molecule has 0 radical (unpaired) electrons. The first-order chi connectivity index (χ1) is 10.4. The highest BCUT2D eigenvalue weighted by Gasteiger charge is 1.82. The highest BCUT2D eigenvalue weighted by Crippen LogP contribution is 2.02. The average molecular weight is 288 g/mol. The van der Waals surface area contributed by atoms with Crippen LogP contribution in [0, 0.1) is 0 Å². The summed E-state index contributed by atoms with van der Waals surface area (Å²) >= 11 is 0. The summed E-state index contributed by atoms with van der Waals surface area (Å²) < 4.78 is 5.22. The predicted molar refractivity (Wildman–Crippen MR) is 95.1 cm³/mol. The molecule has 0 amide bonds. The van der Waals surface area contributed by atoms with E-state index in [1.165, 1.54) is 44.9 Å². The SMILES string of the molecule is CCCCC=CC=COC=CC=CC=CCCCCCC. The average Bonchev–Trinajstić information content (AvgIpc) is 2.50. The van der Waals surface area contributed by atoms with Crippen LogP contribution in [0.3, 0.4) is 0 Å². The van der Waals surface area contributed by atoms with E-state index in [1.807, 2.05) is 30.4 Å². The minimum Gasteiger partial charge on any atom is -0.473 e. The molecule has 118 valence electrons. The molecule has 0 saturated heterocycles. The van der Waals surface area contributed by atoms with Crippen molar-refractivity contribution in [2.45, 2.75) is 65.2 Å². The van der Waals surface area contributed by atoms with Gasteiger partial charge in [-0.15, -0.1) is 0 Å². The number of unbranched alkanes of at least 4 members (excludes halogenated alkanes) is 6. The largest absolute Gasteiger partial charge is 0.473 e. The second-order valence-corrected chi connectivity index (χ2v) is 5.03. The van der Waals surface area contributed by atoms with Gasteiger partial charge in [0.1, 0.15) is 0 Å². The fraction of sp³-hybridized carbons (Fsp3) is 0.500. The van der Waals surface area contributed by atoms with E-state index >= 15 is 0 Å². The molecule has 21 heavy (non-hydrogen) atoms. The molecule has 0 aliphatic heterocycles. The molecule has 0 N–H and O–H groups in total. The first-order valence-corrected chi connectivity index (χ1v) is 8.37. The van der Waals surface area contributed by atoms with Crippen molar-refractivity contribution in [3.8, 4) is 0 Å². The summed E-state index contributed by atoms with van der Waals surface area (Å²) in [5, 5.41) is 0. The highest BCUT2D eigenvalue weighted by molar-refractivity contribution is 5.10. The molecule has 0 aliphatic carbocycles.